The molecule has 0 bridgehead atoms. The zero-order chi connectivity index (χ0) is 13.3. The Morgan fingerprint density at radius 3 is 2.47 bits per heavy atom. The Hall–Kier alpha value is -1.36. The summed E-state index contributed by atoms with van der Waals surface area (Å²) in [6.07, 6.45) is 6.79. The molecule has 0 aromatic heterocycles. The minimum Gasteiger partial charge on any atom is -0.365 e. The monoisotopic (exact) mass is 279 g/mol. The molecule has 0 spiro atoms. The number of hydrogen-bond acceptors (Lipinski definition) is 3. The summed E-state index contributed by atoms with van der Waals surface area (Å²) < 4.78 is 32.3. The largest absolute Gasteiger partial charge is 0.428 e. The van der Waals surface area contributed by atoms with Crippen LogP contribution in [0.1, 0.15) is 44.1 Å². The van der Waals surface area contributed by atoms with E-state index < -0.39 is 10.3 Å². The Morgan fingerprint density at radius 1 is 1.05 bits per heavy atom. The van der Waals surface area contributed by atoms with Crippen LogP contribution < -0.4 is 4.18 Å². The van der Waals surface area contributed by atoms with Gasteiger partial charge in [0.15, 0.2) is 5.75 Å². The minimum atomic E-state index is -3.82. The zero-order valence-electron chi connectivity index (χ0n) is 10.7. The van der Waals surface area contributed by atoms with Gasteiger partial charge < -0.3 is 4.18 Å². The van der Waals surface area contributed by atoms with Crippen LogP contribution in [-0.4, -0.2) is 14.1 Å². The summed E-state index contributed by atoms with van der Waals surface area (Å²) in [5.41, 5.74) is 1.54. The van der Waals surface area contributed by atoms with Crippen molar-refractivity contribution in [2.45, 2.75) is 38.5 Å². The molecule has 0 saturated heterocycles. The van der Waals surface area contributed by atoms with Gasteiger partial charge in [-0.25, -0.2) is 0 Å². The van der Waals surface area contributed by atoms with Crippen LogP contribution in [0.2, 0.25) is 0 Å². The van der Waals surface area contributed by atoms with Gasteiger partial charge in [0.05, 0.1) is 5.71 Å². The summed E-state index contributed by atoms with van der Waals surface area (Å²) in [4.78, 5) is 0. The molecular formula is C14H17NO3S. The lowest BCUT2D eigenvalue weighted by Crippen LogP contribution is -2.24. The van der Waals surface area contributed by atoms with Crippen molar-refractivity contribution in [3.63, 3.8) is 0 Å². The second kappa shape index (κ2) is 4.96. The van der Waals surface area contributed by atoms with Crippen LogP contribution in [0.15, 0.2) is 28.7 Å². The van der Waals surface area contributed by atoms with Crippen LogP contribution >= 0.6 is 0 Å². The lowest BCUT2D eigenvalue weighted by Gasteiger charge is -2.22. The molecule has 102 valence electrons. The predicted molar refractivity (Wildman–Crippen MR) is 73.7 cm³/mol. The van der Waals surface area contributed by atoms with Crippen molar-refractivity contribution in [1.29, 1.82) is 0 Å². The average molecular weight is 279 g/mol. The van der Waals surface area contributed by atoms with Gasteiger partial charge in [-0.05, 0) is 25.0 Å². The fourth-order valence-electron chi connectivity index (χ4n) is 2.90. The van der Waals surface area contributed by atoms with E-state index in [0.717, 1.165) is 31.2 Å². The van der Waals surface area contributed by atoms with E-state index in [1.165, 1.54) is 12.8 Å². The van der Waals surface area contributed by atoms with E-state index in [-0.39, 0.29) is 5.92 Å². The molecule has 19 heavy (non-hydrogen) atoms. The molecule has 0 amide bonds. The normalized spacial score (nSPS) is 22.8. The molecule has 1 saturated carbocycles. The Balaban J connectivity index is 2.04. The maximum Gasteiger partial charge on any atom is 0.428 e. The fourth-order valence-corrected chi connectivity index (χ4v) is 3.80. The van der Waals surface area contributed by atoms with E-state index in [9.17, 15) is 8.42 Å². The highest BCUT2D eigenvalue weighted by Gasteiger charge is 2.29. The van der Waals surface area contributed by atoms with Crippen molar-refractivity contribution in [3.8, 4) is 5.75 Å². The van der Waals surface area contributed by atoms with Crippen LogP contribution in [0.3, 0.4) is 0 Å². The summed E-state index contributed by atoms with van der Waals surface area (Å²) in [6.45, 7) is 0. The van der Waals surface area contributed by atoms with Crippen molar-refractivity contribution in [1.82, 2.24) is 0 Å². The molecule has 1 aliphatic heterocycles. The molecule has 1 aromatic rings. The number of benzene rings is 1. The van der Waals surface area contributed by atoms with Gasteiger partial charge in [0.1, 0.15) is 0 Å². The first-order valence-corrected chi connectivity index (χ1v) is 8.16. The van der Waals surface area contributed by atoms with Crippen molar-refractivity contribution in [3.05, 3.63) is 29.8 Å². The van der Waals surface area contributed by atoms with Crippen LogP contribution in [-0.2, 0) is 10.3 Å². The Labute approximate surface area is 113 Å². The topological polar surface area (TPSA) is 55.7 Å². The maximum absolute atomic E-state index is 11.7. The van der Waals surface area contributed by atoms with E-state index in [2.05, 4.69) is 4.40 Å². The molecule has 2 aliphatic rings. The molecule has 0 atom stereocenters. The number of rotatable bonds is 1. The molecule has 1 aliphatic carbocycles. The number of para-hydroxylation sites is 1. The first-order valence-electron chi connectivity index (χ1n) is 6.79. The standard InChI is InChI=1S/C14H17NO3S/c16-19(17)15-14(11-7-3-1-2-4-8-11)12-9-5-6-10-13(12)18-19/h5-6,9-11H,1-4,7-8H2. The van der Waals surface area contributed by atoms with Crippen molar-refractivity contribution >= 4 is 16.0 Å². The smallest absolute Gasteiger partial charge is 0.365 e. The second-order valence-electron chi connectivity index (χ2n) is 5.17. The van der Waals surface area contributed by atoms with Gasteiger partial charge in [-0.2, -0.15) is 8.42 Å². The van der Waals surface area contributed by atoms with E-state index in [0.29, 0.717) is 11.5 Å². The summed E-state index contributed by atoms with van der Waals surface area (Å²) in [5, 5.41) is 0. The molecule has 0 radical (unpaired) electrons. The third kappa shape index (κ3) is 2.66. The molecular weight excluding hydrogens is 262 g/mol. The molecule has 1 heterocycles. The lowest BCUT2D eigenvalue weighted by atomic mass is 9.90. The number of fused-ring (bicyclic) bond motifs is 1. The average Bonchev–Trinajstić information content (AvgIpc) is 2.65. The third-order valence-electron chi connectivity index (χ3n) is 3.81. The van der Waals surface area contributed by atoms with Crippen molar-refractivity contribution in [2.75, 3.05) is 0 Å². The zero-order valence-corrected chi connectivity index (χ0v) is 11.5. The molecule has 4 nitrogen and oxygen atoms in total. The summed E-state index contributed by atoms with van der Waals surface area (Å²) >= 11 is 0. The quantitative estimate of drug-likeness (QED) is 0.742. The van der Waals surface area contributed by atoms with Crippen LogP contribution in [0.4, 0.5) is 0 Å². The van der Waals surface area contributed by atoms with Gasteiger partial charge in [-0.15, -0.1) is 4.40 Å². The van der Waals surface area contributed by atoms with Gasteiger partial charge in [0, 0.05) is 11.5 Å². The van der Waals surface area contributed by atoms with Gasteiger partial charge in [-0.1, -0.05) is 37.8 Å². The highest BCUT2D eigenvalue weighted by molar-refractivity contribution is 7.86. The second-order valence-corrected chi connectivity index (χ2v) is 6.38. The third-order valence-corrected chi connectivity index (χ3v) is 4.62. The molecule has 5 heteroatoms. The Bertz CT molecular complexity index is 599. The number of nitrogens with zero attached hydrogens (tertiary/aromatic N) is 1. The molecule has 1 aromatic carbocycles. The molecule has 0 N–H and O–H groups in total. The lowest BCUT2D eigenvalue weighted by molar-refractivity contribution is 0.481. The summed E-state index contributed by atoms with van der Waals surface area (Å²) in [6, 6.07) is 7.27. The van der Waals surface area contributed by atoms with E-state index in [4.69, 9.17) is 4.18 Å². The van der Waals surface area contributed by atoms with E-state index >= 15 is 0 Å². The summed E-state index contributed by atoms with van der Waals surface area (Å²) in [7, 11) is -3.82. The van der Waals surface area contributed by atoms with Gasteiger partial charge in [-0.3, -0.25) is 0 Å². The molecule has 0 unspecified atom stereocenters. The first kappa shape index (κ1) is 12.7. The highest BCUT2D eigenvalue weighted by Crippen LogP contribution is 2.33. The van der Waals surface area contributed by atoms with Crippen LogP contribution in [0, 0.1) is 5.92 Å². The van der Waals surface area contributed by atoms with Crippen LogP contribution in [0.25, 0.3) is 0 Å². The Kier molecular flexibility index (Phi) is 3.31. The fraction of sp³-hybridized carbons (Fsp3) is 0.500. The van der Waals surface area contributed by atoms with Gasteiger partial charge in [0.25, 0.3) is 0 Å². The van der Waals surface area contributed by atoms with Crippen LogP contribution in [0.5, 0.6) is 5.75 Å². The van der Waals surface area contributed by atoms with E-state index in [1.54, 1.807) is 12.1 Å². The highest BCUT2D eigenvalue weighted by atomic mass is 32.2. The van der Waals surface area contributed by atoms with Crippen molar-refractivity contribution < 1.29 is 12.6 Å². The minimum absolute atomic E-state index is 0.238. The number of hydrogen-bond donors (Lipinski definition) is 0. The summed E-state index contributed by atoms with van der Waals surface area (Å²) in [5.74, 6) is 0.652. The van der Waals surface area contributed by atoms with Gasteiger partial charge >= 0.3 is 10.3 Å². The van der Waals surface area contributed by atoms with E-state index in [1.807, 2.05) is 12.1 Å². The predicted octanol–water partition coefficient (Wildman–Crippen LogP) is 3.08. The SMILES string of the molecule is O=S1(=O)N=C(C2CCCCCC2)c2ccccc2O1. The van der Waals surface area contributed by atoms with Crippen molar-refractivity contribution in [2.24, 2.45) is 10.3 Å². The first-order chi connectivity index (χ1) is 9.16. The molecule has 3 rings (SSSR count). The Morgan fingerprint density at radius 2 is 1.74 bits per heavy atom. The van der Waals surface area contributed by atoms with Gasteiger partial charge in [0.2, 0.25) is 0 Å². The molecule has 1 fully saturated rings. The maximum atomic E-state index is 11.7.